The Morgan fingerprint density at radius 3 is 2.59 bits per heavy atom. The molecule has 0 radical (unpaired) electrons. The summed E-state index contributed by atoms with van der Waals surface area (Å²) in [6, 6.07) is 2.41. The summed E-state index contributed by atoms with van der Waals surface area (Å²) in [6.07, 6.45) is 8.70. The molecule has 2 aliphatic carbocycles. The minimum absolute atomic E-state index is 0.791. The molecule has 0 spiro atoms. The average Bonchev–Trinajstić information content (AvgIpc) is 3.20. The van der Waals surface area contributed by atoms with Gasteiger partial charge in [-0.25, -0.2) is 0 Å². The monoisotopic (exact) mass is 236 g/mol. The summed E-state index contributed by atoms with van der Waals surface area (Å²) in [4.78, 5) is 2.83. The number of nitrogens with one attached hydrogen (secondary N) is 1. The van der Waals surface area contributed by atoms with Gasteiger partial charge in [0, 0.05) is 31.2 Å². The molecule has 3 fully saturated rings. The molecule has 1 saturated heterocycles. The lowest BCUT2D eigenvalue weighted by atomic mass is 9.99. The topological polar surface area (TPSA) is 15.3 Å². The first kappa shape index (κ1) is 12.0. The van der Waals surface area contributed by atoms with Crippen molar-refractivity contribution in [2.45, 2.75) is 70.5 Å². The fourth-order valence-electron chi connectivity index (χ4n) is 3.55. The summed E-state index contributed by atoms with van der Waals surface area (Å²) in [5.41, 5.74) is 0. The van der Waals surface area contributed by atoms with E-state index in [9.17, 15) is 0 Å². The van der Waals surface area contributed by atoms with Gasteiger partial charge in [-0.15, -0.1) is 0 Å². The van der Waals surface area contributed by atoms with Crippen LogP contribution in [0.1, 0.15) is 52.4 Å². The Bertz CT molecular complexity index is 258. The maximum Gasteiger partial charge on any atom is 0.0224 e. The van der Waals surface area contributed by atoms with Crippen LogP contribution in [-0.4, -0.2) is 36.1 Å². The smallest absolute Gasteiger partial charge is 0.0224 e. The molecule has 0 aromatic heterocycles. The van der Waals surface area contributed by atoms with E-state index in [0.29, 0.717) is 0 Å². The predicted molar refractivity (Wildman–Crippen MR) is 72.1 cm³/mol. The maximum absolute atomic E-state index is 3.79. The van der Waals surface area contributed by atoms with Crippen molar-refractivity contribution in [2.75, 3.05) is 13.1 Å². The molecule has 3 aliphatic rings. The minimum Gasteiger partial charge on any atom is -0.311 e. The highest BCUT2D eigenvalue weighted by Gasteiger charge is 2.38. The zero-order chi connectivity index (χ0) is 11.8. The van der Waals surface area contributed by atoms with Crippen molar-refractivity contribution in [1.82, 2.24) is 10.2 Å². The van der Waals surface area contributed by atoms with E-state index in [0.717, 1.165) is 30.0 Å². The zero-order valence-electron chi connectivity index (χ0n) is 11.5. The second-order valence-electron chi connectivity index (χ2n) is 6.64. The molecular weight excluding hydrogens is 208 g/mol. The van der Waals surface area contributed by atoms with Crippen LogP contribution in [0.3, 0.4) is 0 Å². The molecule has 3 unspecified atom stereocenters. The molecule has 0 aromatic carbocycles. The SMILES string of the molecule is CCC1CNC(C2CC2)CN1C(C)CC1CC1. The van der Waals surface area contributed by atoms with Crippen molar-refractivity contribution in [3.05, 3.63) is 0 Å². The zero-order valence-corrected chi connectivity index (χ0v) is 11.5. The van der Waals surface area contributed by atoms with Crippen LogP contribution < -0.4 is 5.32 Å². The van der Waals surface area contributed by atoms with E-state index in [1.807, 2.05) is 0 Å². The van der Waals surface area contributed by atoms with Crippen LogP contribution in [0.25, 0.3) is 0 Å². The first-order valence-electron chi connectivity index (χ1n) is 7.77. The third kappa shape index (κ3) is 2.85. The number of hydrogen-bond acceptors (Lipinski definition) is 2. The Morgan fingerprint density at radius 2 is 2.00 bits per heavy atom. The Hall–Kier alpha value is -0.0800. The van der Waals surface area contributed by atoms with Gasteiger partial charge >= 0.3 is 0 Å². The Kier molecular flexibility index (Phi) is 3.45. The lowest BCUT2D eigenvalue weighted by Crippen LogP contribution is -2.59. The third-order valence-corrected chi connectivity index (χ3v) is 5.09. The van der Waals surface area contributed by atoms with Gasteiger partial charge < -0.3 is 5.32 Å². The highest BCUT2D eigenvalue weighted by molar-refractivity contribution is 4.96. The molecule has 2 nitrogen and oxygen atoms in total. The van der Waals surface area contributed by atoms with Gasteiger partial charge in [0.15, 0.2) is 0 Å². The molecule has 3 atom stereocenters. The van der Waals surface area contributed by atoms with Crippen molar-refractivity contribution in [1.29, 1.82) is 0 Å². The average molecular weight is 236 g/mol. The van der Waals surface area contributed by atoms with Gasteiger partial charge in [-0.3, -0.25) is 4.90 Å². The van der Waals surface area contributed by atoms with Gasteiger partial charge in [0.25, 0.3) is 0 Å². The summed E-state index contributed by atoms with van der Waals surface area (Å²) in [7, 11) is 0. The quantitative estimate of drug-likeness (QED) is 0.789. The van der Waals surface area contributed by atoms with Gasteiger partial charge in [0.05, 0.1) is 0 Å². The summed E-state index contributed by atoms with van der Waals surface area (Å²) in [5, 5.41) is 3.79. The van der Waals surface area contributed by atoms with E-state index in [2.05, 4.69) is 24.1 Å². The van der Waals surface area contributed by atoms with Crippen molar-refractivity contribution in [2.24, 2.45) is 11.8 Å². The highest BCUT2D eigenvalue weighted by atomic mass is 15.3. The van der Waals surface area contributed by atoms with Gasteiger partial charge in [0.2, 0.25) is 0 Å². The van der Waals surface area contributed by atoms with E-state index < -0.39 is 0 Å². The van der Waals surface area contributed by atoms with Crippen LogP contribution >= 0.6 is 0 Å². The third-order valence-electron chi connectivity index (χ3n) is 5.09. The molecule has 0 bridgehead atoms. The molecule has 98 valence electrons. The molecule has 17 heavy (non-hydrogen) atoms. The Labute approximate surface area is 106 Å². The van der Waals surface area contributed by atoms with Gasteiger partial charge in [-0.1, -0.05) is 19.8 Å². The predicted octanol–water partition coefficient (Wildman–Crippen LogP) is 2.64. The van der Waals surface area contributed by atoms with Gasteiger partial charge in [-0.05, 0) is 44.4 Å². The van der Waals surface area contributed by atoms with Crippen molar-refractivity contribution >= 4 is 0 Å². The second kappa shape index (κ2) is 4.89. The van der Waals surface area contributed by atoms with E-state index >= 15 is 0 Å². The first-order chi connectivity index (χ1) is 8.28. The van der Waals surface area contributed by atoms with Gasteiger partial charge in [-0.2, -0.15) is 0 Å². The standard InChI is InChI=1S/C15H28N2/c1-3-14-9-16-15(13-6-7-13)10-17(14)11(2)8-12-4-5-12/h11-16H,3-10H2,1-2H3. The molecule has 0 amide bonds. The van der Waals surface area contributed by atoms with E-state index in [-0.39, 0.29) is 0 Å². The van der Waals surface area contributed by atoms with Crippen LogP contribution in [-0.2, 0) is 0 Å². The molecule has 1 aliphatic heterocycles. The summed E-state index contributed by atoms with van der Waals surface area (Å²) in [5.74, 6) is 2.07. The lowest BCUT2D eigenvalue weighted by Gasteiger charge is -2.44. The minimum atomic E-state index is 0.791. The maximum atomic E-state index is 3.79. The number of piperazine rings is 1. The largest absolute Gasteiger partial charge is 0.311 e. The first-order valence-corrected chi connectivity index (χ1v) is 7.77. The fourth-order valence-corrected chi connectivity index (χ4v) is 3.55. The summed E-state index contributed by atoms with van der Waals surface area (Å²) < 4.78 is 0. The Morgan fingerprint density at radius 1 is 1.24 bits per heavy atom. The van der Waals surface area contributed by atoms with Crippen LogP contribution in [0, 0.1) is 11.8 Å². The van der Waals surface area contributed by atoms with Crippen LogP contribution in [0.15, 0.2) is 0 Å². The molecular formula is C15H28N2. The summed E-state index contributed by atoms with van der Waals surface area (Å²) >= 11 is 0. The summed E-state index contributed by atoms with van der Waals surface area (Å²) in [6.45, 7) is 7.36. The van der Waals surface area contributed by atoms with Crippen LogP contribution in [0.4, 0.5) is 0 Å². The van der Waals surface area contributed by atoms with E-state index in [4.69, 9.17) is 0 Å². The van der Waals surface area contributed by atoms with Crippen molar-refractivity contribution in [3.8, 4) is 0 Å². The number of rotatable bonds is 5. The number of hydrogen-bond donors (Lipinski definition) is 1. The molecule has 1 heterocycles. The normalized spacial score (nSPS) is 37.1. The second-order valence-corrected chi connectivity index (χ2v) is 6.64. The Balaban J connectivity index is 1.59. The molecule has 0 aromatic rings. The van der Waals surface area contributed by atoms with Crippen LogP contribution in [0.2, 0.25) is 0 Å². The number of nitrogens with zero attached hydrogens (tertiary/aromatic N) is 1. The molecule has 2 heteroatoms. The van der Waals surface area contributed by atoms with Gasteiger partial charge in [0.1, 0.15) is 0 Å². The molecule has 3 rings (SSSR count). The van der Waals surface area contributed by atoms with Crippen LogP contribution in [0.5, 0.6) is 0 Å². The molecule has 1 N–H and O–H groups in total. The highest BCUT2D eigenvalue weighted by Crippen LogP contribution is 2.37. The van der Waals surface area contributed by atoms with E-state index in [1.54, 1.807) is 0 Å². The lowest BCUT2D eigenvalue weighted by molar-refractivity contribution is 0.0741. The van der Waals surface area contributed by atoms with E-state index in [1.165, 1.54) is 51.6 Å². The van der Waals surface area contributed by atoms with Crippen molar-refractivity contribution < 1.29 is 0 Å². The molecule has 2 saturated carbocycles. The fraction of sp³-hybridized carbons (Fsp3) is 1.00. The van der Waals surface area contributed by atoms with Crippen molar-refractivity contribution in [3.63, 3.8) is 0 Å².